The lowest BCUT2D eigenvalue weighted by Crippen LogP contribution is -2.77. The highest BCUT2D eigenvalue weighted by Crippen LogP contribution is 2.78. The van der Waals surface area contributed by atoms with Gasteiger partial charge in [0.2, 0.25) is 0 Å². The lowest BCUT2D eigenvalue weighted by molar-refractivity contribution is -0.285. The predicted molar refractivity (Wildman–Crippen MR) is 112 cm³/mol. The Morgan fingerprint density at radius 2 is 1.71 bits per heavy atom. The number of ether oxygens (including phenoxy) is 4. The van der Waals surface area contributed by atoms with Crippen molar-refractivity contribution in [3.63, 3.8) is 0 Å². The molecule has 13 unspecified atom stereocenters. The van der Waals surface area contributed by atoms with Crippen LogP contribution >= 0.6 is 0 Å². The summed E-state index contributed by atoms with van der Waals surface area (Å²) >= 11 is 0. The summed E-state index contributed by atoms with van der Waals surface area (Å²) in [4.78, 5) is 2.45. The fourth-order valence-electron chi connectivity index (χ4n) is 10.6. The van der Waals surface area contributed by atoms with Gasteiger partial charge in [-0.3, -0.25) is 4.90 Å². The van der Waals surface area contributed by atoms with E-state index in [2.05, 4.69) is 11.8 Å². The second-order valence-corrected chi connectivity index (χ2v) is 11.3. The summed E-state index contributed by atoms with van der Waals surface area (Å²) in [6.45, 7) is 3.69. The smallest absolute Gasteiger partial charge is 0.0835 e. The fourth-order valence-corrected chi connectivity index (χ4v) is 10.6. The summed E-state index contributed by atoms with van der Waals surface area (Å²) in [5.74, 6) is 0.379. The van der Waals surface area contributed by atoms with Gasteiger partial charge in [0.25, 0.3) is 0 Å². The Morgan fingerprint density at radius 3 is 2.32 bits per heavy atom. The van der Waals surface area contributed by atoms with E-state index < -0.39 is 11.2 Å². The van der Waals surface area contributed by atoms with Crippen LogP contribution in [0.25, 0.3) is 0 Å². The average molecular weight is 438 g/mol. The first-order chi connectivity index (χ1) is 14.9. The number of hydrogen-bond acceptors (Lipinski definition) is 7. The number of likely N-dealkylation sites (tertiary alicyclic amines) is 1. The molecule has 1 spiro atoms. The standard InChI is InChI=1S/C24H39NO6/c1-6-25-11-22(26)8-7-15(29-3)24-13-9-12-14(28-2)10-23(27,16(13)18(12)30-4)17(21(24)25)19(31-5)20(22)24/h12-21,26-27H,6-11H2,1-5H3. The molecule has 7 bridgehead atoms. The highest BCUT2D eigenvalue weighted by atomic mass is 16.5. The van der Waals surface area contributed by atoms with E-state index in [9.17, 15) is 10.2 Å². The number of hydrogen-bond donors (Lipinski definition) is 2. The molecule has 7 heteroatoms. The van der Waals surface area contributed by atoms with Crippen LogP contribution in [0.3, 0.4) is 0 Å². The molecule has 1 saturated heterocycles. The Balaban J connectivity index is 1.64. The van der Waals surface area contributed by atoms with Crippen LogP contribution in [0.1, 0.15) is 32.6 Å². The lowest BCUT2D eigenvalue weighted by atomic mass is 9.45. The predicted octanol–water partition coefficient (Wildman–Crippen LogP) is 0.909. The van der Waals surface area contributed by atoms with Gasteiger partial charge in [0.05, 0.1) is 35.6 Å². The highest BCUT2D eigenvalue weighted by Gasteiger charge is 2.86. The largest absolute Gasteiger partial charge is 0.389 e. The number of nitrogens with zero attached hydrogens (tertiary/aromatic N) is 1. The van der Waals surface area contributed by atoms with Gasteiger partial charge in [0.15, 0.2) is 0 Å². The van der Waals surface area contributed by atoms with Gasteiger partial charge in [-0.15, -0.1) is 0 Å². The molecule has 0 aromatic rings. The monoisotopic (exact) mass is 437 g/mol. The average Bonchev–Trinajstić information content (AvgIpc) is 3.22. The summed E-state index contributed by atoms with van der Waals surface area (Å²) in [6, 6.07) is 0.135. The SMILES string of the molecule is CCN1CC2(O)CCC(OC)C34C5CC6C(OC)CC(O)(C5C6OC)C(C(OC)C23)C14. The third-order valence-corrected chi connectivity index (χ3v) is 11.0. The maximum absolute atomic E-state index is 12.6. The fraction of sp³-hybridized carbons (Fsp3) is 1.00. The minimum Gasteiger partial charge on any atom is -0.389 e. The molecule has 13 atom stereocenters. The Kier molecular flexibility index (Phi) is 4.56. The number of likely N-dealkylation sites (N-methyl/N-ethyl adjacent to an activating group) is 1. The molecule has 1 heterocycles. The Hall–Kier alpha value is -0.280. The summed E-state index contributed by atoms with van der Waals surface area (Å²) in [5, 5.41) is 24.7. The molecular weight excluding hydrogens is 398 g/mol. The molecule has 0 radical (unpaired) electrons. The van der Waals surface area contributed by atoms with E-state index in [1.807, 2.05) is 7.11 Å². The maximum Gasteiger partial charge on any atom is 0.0835 e. The molecule has 0 aromatic heterocycles. The summed E-state index contributed by atoms with van der Waals surface area (Å²) < 4.78 is 24.6. The van der Waals surface area contributed by atoms with E-state index >= 15 is 0 Å². The van der Waals surface area contributed by atoms with Crippen LogP contribution in [0.2, 0.25) is 0 Å². The molecular formula is C24H39NO6. The number of rotatable bonds is 5. The van der Waals surface area contributed by atoms with Crippen molar-refractivity contribution in [3.8, 4) is 0 Å². The first kappa shape index (κ1) is 21.3. The van der Waals surface area contributed by atoms with Gasteiger partial charge in [-0.2, -0.15) is 0 Å². The second-order valence-electron chi connectivity index (χ2n) is 11.3. The van der Waals surface area contributed by atoms with Gasteiger partial charge in [-0.1, -0.05) is 6.92 Å². The third-order valence-electron chi connectivity index (χ3n) is 11.0. The molecule has 6 fully saturated rings. The molecule has 6 rings (SSSR count). The Morgan fingerprint density at radius 1 is 0.968 bits per heavy atom. The van der Waals surface area contributed by atoms with Crippen molar-refractivity contribution in [1.82, 2.24) is 4.90 Å². The van der Waals surface area contributed by atoms with Crippen molar-refractivity contribution in [3.05, 3.63) is 0 Å². The zero-order chi connectivity index (χ0) is 21.9. The van der Waals surface area contributed by atoms with Gasteiger partial charge in [-0.05, 0) is 31.7 Å². The van der Waals surface area contributed by atoms with Crippen molar-refractivity contribution in [2.24, 2.45) is 35.0 Å². The van der Waals surface area contributed by atoms with Gasteiger partial charge >= 0.3 is 0 Å². The first-order valence-corrected chi connectivity index (χ1v) is 12.2. The van der Waals surface area contributed by atoms with Crippen LogP contribution in [0.15, 0.2) is 0 Å². The van der Waals surface area contributed by atoms with Crippen LogP contribution in [0, 0.1) is 35.0 Å². The van der Waals surface area contributed by atoms with Crippen LogP contribution < -0.4 is 0 Å². The lowest BCUT2D eigenvalue weighted by Gasteiger charge is -2.68. The van der Waals surface area contributed by atoms with Crippen LogP contribution in [-0.4, -0.2) is 98.3 Å². The highest BCUT2D eigenvalue weighted by molar-refractivity contribution is 5.36. The van der Waals surface area contributed by atoms with Gasteiger partial charge in [-0.25, -0.2) is 0 Å². The molecule has 2 N–H and O–H groups in total. The van der Waals surface area contributed by atoms with Gasteiger partial charge in [0.1, 0.15) is 0 Å². The Labute approximate surface area is 185 Å². The minimum atomic E-state index is -0.941. The minimum absolute atomic E-state index is 0.0228. The van der Waals surface area contributed by atoms with Crippen LogP contribution in [0.4, 0.5) is 0 Å². The number of piperidine rings is 1. The zero-order valence-electron chi connectivity index (χ0n) is 19.5. The molecule has 1 aliphatic heterocycles. The third kappa shape index (κ3) is 2.12. The van der Waals surface area contributed by atoms with Gasteiger partial charge in [0, 0.05) is 76.5 Å². The van der Waals surface area contributed by atoms with Crippen LogP contribution in [-0.2, 0) is 18.9 Å². The normalized spacial score (nSPS) is 61.6. The molecule has 176 valence electrons. The molecule has 5 aliphatic carbocycles. The molecule has 31 heavy (non-hydrogen) atoms. The van der Waals surface area contributed by atoms with Crippen LogP contribution in [0.5, 0.6) is 0 Å². The first-order valence-electron chi connectivity index (χ1n) is 12.2. The van der Waals surface area contributed by atoms with Crippen molar-refractivity contribution in [1.29, 1.82) is 0 Å². The summed E-state index contributed by atoms with van der Waals surface area (Å²) in [7, 11) is 7.14. The number of fused-ring (bicyclic) bond motifs is 2. The summed E-state index contributed by atoms with van der Waals surface area (Å²) in [5.41, 5.74) is -2.00. The maximum atomic E-state index is 12.6. The van der Waals surface area contributed by atoms with E-state index in [0.717, 1.165) is 25.8 Å². The van der Waals surface area contributed by atoms with E-state index in [4.69, 9.17) is 18.9 Å². The summed E-state index contributed by atoms with van der Waals surface area (Å²) in [6.07, 6.45) is 2.94. The number of methoxy groups -OCH3 is 4. The van der Waals surface area contributed by atoms with Crippen molar-refractivity contribution in [2.45, 2.75) is 74.3 Å². The van der Waals surface area contributed by atoms with E-state index in [1.54, 1.807) is 21.3 Å². The van der Waals surface area contributed by atoms with Crippen molar-refractivity contribution < 1.29 is 29.2 Å². The topological polar surface area (TPSA) is 80.6 Å². The molecule has 7 nitrogen and oxygen atoms in total. The van der Waals surface area contributed by atoms with Crippen molar-refractivity contribution in [2.75, 3.05) is 41.5 Å². The zero-order valence-corrected chi connectivity index (χ0v) is 19.5. The Bertz CT molecular complexity index is 752. The van der Waals surface area contributed by atoms with E-state index in [0.29, 0.717) is 13.0 Å². The second kappa shape index (κ2) is 6.65. The number of aliphatic hydroxyl groups is 2. The molecule has 5 saturated carbocycles. The molecule has 0 amide bonds. The number of β-amino-alcohol motifs (C(OH)–C–C–N with tert-alkyl or cyclic N) is 1. The molecule has 0 aromatic carbocycles. The van der Waals surface area contributed by atoms with E-state index in [-0.39, 0.29) is 65.5 Å². The van der Waals surface area contributed by atoms with Gasteiger partial charge < -0.3 is 29.2 Å². The molecule has 6 aliphatic rings. The van der Waals surface area contributed by atoms with Crippen molar-refractivity contribution >= 4 is 0 Å². The van der Waals surface area contributed by atoms with E-state index in [1.165, 1.54) is 0 Å². The quantitative estimate of drug-likeness (QED) is 0.662.